The molecule has 2 N–H and O–H groups in total. The number of ether oxygens (including phenoxy) is 2. The van der Waals surface area contributed by atoms with Crippen LogP contribution in [-0.2, 0) is 14.3 Å². The smallest absolute Gasteiger partial charge is 0.224 e. The lowest BCUT2D eigenvalue weighted by Crippen LogP contribution is -2.32. The third kappa shape index (κ3) is 3.94. The predicted octanol–water partition coefficient (Wildman–Crippen LogP) is 0.132. The fourth-order valence-electron chi connectivity index (χ4n) is 2.32. The van der Waals surface area contributed by atoms with Gasteiger partial charge in [-0.15, -0.1) is 0 Å². The van der Waals surface area contributed by atoms with Crippen molar-refractivity contribution in [2.24, 2.45) is 5.73 Å². The van der Waals surface area contributed by atoms with E-state index in [0.29, 0.717) is 26.2 Å². The third-order valence-electron chi connectivity index (χ3n) is 3.37. The molecule has 5 nitrogen and oxygen atoms in total. The second-order valence-electron chi connectivity index (χ2n) is 4.85. The normalized spacial score (nSPS) is 28.9. The third-order valence-corrected chi connectivity index (χ3v) is 3.37. The lowest BCUT2D eigenvalue weighted by atomic mass is 10.2. The summed E-state index contributed by atoms with van der Waals surface area (Å²) in [6, 6.07) is 0.159. The summed E-state index contributed by atoms with van der Waals surface area (Å²) in [6.45, 7) is 3.45. The standard InChI is InChI=1S/C12H22N2O3/c13-10-3-5-14(8-10)12(15)4-7-16-9-11-2-1-6-17-11/h10-11H,1-9,13H2/t10-,11?/m1/s1. The van der Waals surface area contributed by atoms with Gasteiger partial charge in [-0.05, 0) is 19.3 Å². The van der Waals surface area contributed by atoms with Gasteiger partial charge < -0.3 is 20.1 Å². The molecular weight excluding hydrogens is 220 g/mol. The Morgan fingerprint density at radius 1 is 1.47 bits per heavy atom. The first-order valence-corrected chi connectivity index (χ1v) is 6.48. The van der Waals surface area contributed by atoms with Crippen LogP contribution in [-0.4, -0.2) is 55.9 Å². The minimum absolute atomic E-state index is 0.158. The number of hydrogen-bond acceptors (Lipinski definition) is 4. The zero-order valence-electron chi connectivity index (χ0n) is 10.3. The Morgan fingerprint density at radius 2 is 2.35 bits per heavy atom. The lowest BCUT2D eigenvalue weighted by molar-refractivity contribution is -0.131. The van der Waals surface area contributed by atoms with E-state index in [2.05, 4.69) is 0 Å². The van der Waals surface area contributed by atoms with Crippen molar-refractivity contribution in [3.8, 4) is 0 Å². The number of likely N-dealkylation sites (tertiary alicyclic amines) is 1. The van der Waals surface area contributed by atoms with Gasteiger partial charge >= 0.3 is 0 Å². The molecule has 0 aromatic heterocycles. The Bertz CT molecular complexity index is 254. The monoisotopic (exact) mass is 242 g/mol. The number of hydrogen-bond donors (Lipinski definition) is 1. The van der Waals surface area contributed by atoms with E-state index < -0.39 is 0 Å². The molecule has 0 radical (unpaired) electrons. The van der Waals surface area contributed by atoms with E-state index in [1.165, 1.54) is 0 Å². The molecule has 0 bridgehead atoms. The van der Waals surface area contributed by atoms with Crippen molar-refractivity contribution in [1.82, 2.24) is 4.90 Å². The average molecular weight is 242 g/mol. The van der Waals surface area contributed by atoms with Crippen LogP contribution in [0.3, 0.4) is 0 Å². The van der Waals surface area contributed by atoms with Crippen LogP contribution in [0.5, 0.6) is 0 Å². The minimum atomic E-state index is 0.158. The summed E-state index contributed by atoms with van der Waals surface area (Å²) in [5, 5.41) is 0. The molecule has 2 rings (SSSR count). The van der Waals surface area contributed by atoms with Crippen molar-refractivity contribution in [2.75, 3.05) is 32.9 Å². The summed E-state index contributed by atoms with van der Waals surface area (Å²) in [5.74, 6) is 0.158. The molecule has 1 unspecified atom stereocenters. The second-order valence-corrected chi connectivity index (χ2v) is 4.85. The Balaban J connectivity index is 1.53. The molecule has 5 heteroatoms. The maximum absolute atomic E-state index is 11.7. The van der Waals surface area contributed by atoms with Gasteiger partial charge in [-0.25, -0.2) is 0 Å². The highest BCUT2D eigenvalue weighted by molar-refractivity contribution is 5.76. The first kappa shape index (κ1) is 12.8. The average Bonchev–Trinajstić information content (AvgIpc) is 2.95. The summed E-state index contributed by atoms with van der Waals surface area (Å²) < 4.78 is 10.9. The van der Waals surface area contributed by atoms with Gasteiger partial charge in [0.2, 0.25) is 5.91 Å². The zero-order valence-corrected chi connectivity index (χ0v) is 10.3. The lowest BCUT2D eigenvalue weighted by Gasteiger charge is -2.16. The van der Waals surface area contributed by atoms with E-state index in [4.69, 9.17) is 15.2 Å². The van der Waals surface area contributed by atoms with E-state index in [0.717, 1.165) is 32.4 Å². The number of nitrogens with two attached hydrogens (primary N) is 1. The van der Waals surface area contributed by atoms with Gasteiger partial charge in [0.05, 0.1) is 25.7 Å². The molecule has 2 fully saturated rings. The molecule has 0 saturated carbocycles. The summed E-state index contributed by atoms with van der Waals surface area (Å²) >= 11 is 0. The zero-order chi connectivity index (χ0) is 12.1. The number of carbonyl (C=O) groups is 1. The molecular formula is C12H22N2O3. The number of carbonyl (C=O) groups excluding carboxylic acids is 1. The Hall–Kier alpha value is -0.650. The van der Waals surface area contributed by atoms with E-state index in [1.54, 1.807) is 0 Å². The van der Waals surface area contributed by atoms with Crippen molar-refractivity contribution in [3.63, 3.8) is 0 Å². The Kier molecular flexibility index (Phi) is 4.76. The van der Waals surface area contributed by atoms with E-state index in [-0.39, 0.29) is 18.1 Å². The number of amides is 1. The van der Waals surface area contributed by atoms with Crippen LogP contribution in [0.2, 0.25) is 0 Å². The van der Waals surface area contributed by atoms with E-state index in [1.807, 2.05) is 4.90 Å². The molecule has 2 atom stereocenters. The predicted molar refractivity (Wildman–Crippen MR) is 63.6 cm³/mol. The van der Waals surface area contributed by atoms with Crippen LogP contribution in [0, 0.1) is 0 Å². The molecule has 0 aromatic carbocycles. The van der Waals surface area contributed by atoms with E-state index >= 15 is 0 Å². The van der Waals surface area contributed by atoms with Crippen molar-refractivity contribution >= 4 is 5.91 Å². The molecule has 0 aliphatic carbocycles. The molecule has 2 heterocycles. The largest absolute Gasteiger partial charge is 0.378 e. The van der Waals surface area contributed by atoms with Crippen molar-refractivity contribution in [2.45, 2.75) is 37.8 Å². The second kappa shape index (κ2) is 6.33. The fourth-order valence-corrected chi connectivity index (χ4v) is 2.32. The molecule has 0 spiro atoms. The van der Waals surface area contributed by atoms with Crippen LogP contribution in [0.25, 0.3) is 0 Å². The molecule has 17 heavy (non-hydrogen) atoms. The molecule has 2 aliphatic rings. The van der Waals surface area contributed by atoms with Crippen LogP contribution in [0.1, 0.15) is 25.7 Å². The summed E-state index contributed by atoms with van der Waals surface area (Å²) in [7, 11) is 0. The number of nitrogens with zero attached hydrogens (tertiary/aromatic N) is 1. The first-order chi connectivity index (χ1) is 8.25. The number of rotatable bonds is 5. The molecule has 1 amide bonds. The molecule has 2 aliphatic heterocycles. The molecule has 2 saturated heterocycles. The summed E-state index contributed by atoms with van der Waals surface area (Å²) in [5.41, 5.74) is 5.76. The minimum Gasteiger partial charge on any atom is -0.378 e. The van der Waals surface area contributed by atoms with Gasteiger partial charge in [0.25, 0.3) is 0 Å². The SMILES string of the molecule is N[C@@H]1CCN(C(=O)CCOCC2CCCO2)C1. The van der Waals surface area contributed by atoms with Crippen molar-refractivity contribution < 1.29 is 14.3 Å². The highest BCUT2D eigenvalue weighted by atomic mass is 16.5. The van der Waals surface area contributed by atoms with Crippen LogP contribution in [0.15, 0.2) is 0 Å². The highest BCUT2D eigenvalue weighted by Gasteiger charge is 2.23. The molecule has 0 aromatic rings. The van der Waals surface area contributed by atoms with Gasteiger partial charge in [0, 0.05) is 25.7 Å². The first-order valence-electron chi connectivity index (χ1n) is 6.48. The maximum Gasteiger partial charge on any atom is 0.224 e. The van der Waals surface area contributed by atoms with Gasteiger partial charge in [-0.2, -0.15) is 0 Å². The van der Waals surface area contributed by atoms with Gasteiger partial charge in [0.15, 0.2) is 0 Å². The summed E-state index contributed by atoms with van der Waals surface area (Å²) in [6.07, 6.45) is 3.82. The van der Waals surface area contributed by atoms with Crippen LogP contribution < -0.4 is 5.73 Å². The fraction of sp³-hybridized carbons (Fsp3) is 0.917. The maximum atomic E-state index is 11.7. The van der Waals surface area contributed by atoms with Gasteiger partial charge in [-0.3, -0.25) is 4.79 Å². The highest BCUT2D eigenvalue weighted by Crippen LogP contribution is 2.12. The van der Waals surface area contributed by atoms with E-state index in [9.17, 15) is 4.79 Å². The Morgan fingerprint density at radius 3 is 3.00 bits per heavy atom. The molecule has 98 valence electrons. The Labute approximate surface area is 102 Å². The van der Waals surface area contributed by atoms with Crippen molar-refractivity contribution in [3.05, 3.63) is 0 Å². The van der Waals surface area contributed by atoms with Crippen LogP contribution >= 0.6 is 0 Å². The van der Waals surface area contributed by atoms with Gasteiger partial charge in [0.1, 0.15) is 0 Å². The van der Waals surface area contributed by atoms with Crippen molar-refractivity contribution in [1.29, 1.82) is 0 Å². The van der Waals surface area contributed by atoms with Gasteiger partial charge in [-0.1, -0.05) is 0 Å². The topological polar surface area (TPSA) is 64.8 Å². The van der Waals surface area contributed by atoms with Crippen LogP contribution in [0.4, 0.5) is 0 Å². The quantitative estimate of drug-likeness (QED) is 0.696. The summed E-state index contributed by atoms with van der Waals surface area (Å²) in [4.78, 5) is 13.6.